The molecular formula is C81H144O17P2. The summed E-state index contributed by atoms with van der Waals surface area (Å²) in [7, 11) is -9.96. The lowest BCUT2D eigenvalue weighted by atomic mass is 10.1. The number of hydrogen-bond acceptors (Lipinski definition) is 15. The van der Waals surface area contributed by atoms with Crippen molar-refractivity contribution in [1.29, 1.82) is 0 Å². The SMILES string of the molecule is CCCCC/C=C\CCCCCCCCCCC(=O)OC[C@H](COP(=O)(O)OC[C@@H](O)COP(=O)(O)OC[C@@H](COC(=O)CCCCCCC/C=C\C/C=C/CCCCC)OC(=O)CCCCCCC/C=C/C/C=C/CCCCC)OC(=O)CCCCCCC/C=C\C/C=C/CCCCC. The van der Waals surface area contributed by atoms with Gasteiger partial charge in [0.05, 0.1) is 26.4 Å². The van der Waals surface area contributed by atoms with Gasteiger partial charge < -0.3 is 33.8 Å². The highest BCUT2D eigenvalue weighted by Gasteiger charge is 2.30. The number of rotatable bonds is 75. The Morgan fingerprint density at radius 2 is 0.490 bits per heavy atom. The Balaban J connectivity index is 5.38. The fourth-order valence-corrected chi connectivity index (χ4v) is 12.2. The van der Waals surface area contributed by atoms with Crippen molar-refractivity contribution in [3.05, 3.63) is 85.1 Å². The van der Waals surface area contributed by atoms with Crippen molar-refractivity contribution in [3.8, 4) is 0 Å². The summed E-state index contributed by atoms with van der Waals surface area (Å²) in [5.41, 5.74) is 0. The smallest absolute Gasteiger partial charge is 0.462 e. The number of ether oxygens (including phenoxy) is 4. The van der Waals surface area contributed by atoms with Crippen LogP contribution in [0.5, 0.6) is 0 Å². The van der Waals surface area contributed by atoms with Gasteiger partial charge in [0.1, 0.15) is 19.3 Å². The van der Waals surface area contributed by atoms with E-state index in [2.05, 4.69) is 113 Å². The van der Waals surface area contributed by atoms with Crippen molar-refractivity contribution >= 4 is 39.5 Å². The molecule has 0 fully saturated rings. The van der Waals surface area contributed by atoms with E-state index in [9.17, 15) is 43.2 Å². The zero-order valence-corrected chi connectivity index (χ0v) is 65.2. The molecule has 0 radical (unpaired) electrons. The zero-order chi connectivity index (χ0) is 73.2. The standard InChI is InChI=1S/C81H144O17P2/c1-5-9-13-17-21-25-29-33-37-41-45-49-53-57-61-65-78(83)91-71-76(97-80(85)67-63-59-55-51-47-43-39-35-31-27-23-19-15-11-7-3)73-95-99(87,88)93-69-75(82)70-94-100(89,90)96-74-77(98-81(86)68-64-60-56-52-48-44-40-36-32-28-24-20-16-12-8-4)72-92-79(84)66-62-58-54-50-46-42-38-34-30-26-22-18-14-10-6-2/h21-28,33,35-37,39-40,75-77,82H,5-20,29-32,34,38,41-74H2,1-4H3,(H,87,88)(H,89,90)/b25-21+,26-22-,27-23+,28-24+,37-33-,39-35+,40-36-/t75-,76+,77+/m0/s1. The van der Waals surface area contributed by atoms with Gasteiger partial charge in [-0.15, -0.1) is 0 Å². The first-order chi connectivity index (χ1) is 48.7. The van der Waals surface area contributed by atoms with Crippen molar-refractivity contribution in [1.82, 2.24) is 0 Å². The molecule has 0 aromatic heterocycles. The molecule has 0 amide bonds. The molecule has 19 heteroatoms. The van der Waals surface area contributed by atoms with Crippen molar-refractivity contribution in [2.24, 2.45) is 0 Å². The number of hydrogen-bond donors (Lipinski definition) is 3. The van der Waals surface area contributed by atoms with E-state index >= 15 is 0 Å². The number of esters is 4. The second-order valence-electron chi connectivity index (χ2n) is 26.6. The van der Waals surface area contributed by atoms with E-state index in [0.29, 0.717) is 25.7 Å². The van der Waals surface area contributed by atoms with E-state index in [1.807, 2.05) is 0 Å². The number of unbranched alkanes of at least 4 members (excludes halogenated alkanes) is 35. The lowest BCUT2D eigenvalue weighted by Gasteiger charge is -2.21. The van der Waals surface area contributed by atoms with Crippen molar-refractivity contribution in [2.75, 3.05) is 39.6 Å². The molecule has 0 spiro atoms. The molecule has 0 rings (SSSR count). The molecule has 0 aliphatic rings. The molecule has 2 unspecified atom stereocenters. The number of aliphatic hydroxyl groups excluding tert-OH is 1. The second kappa shape index (κ2) is 73.5. The number of carbonyl (C=O) groups is 4. The van der Waals surface area contributed by atoms with Gasteiger partial charge in [0.15, 0.2) is 12.2 Å². The van der Waals surface area contributed by atoms with E-state index < -0.39 is 97.5 Å². The Bertz CT molecular complexity index is 2230. The topological polar surface area (TPSA) is 237 Å². The van der Waals surface area contributed by atoms with E-state index in [1.54, 1.807) is 0 Å². The minimum Gasteiger partial charge on any atom is -0.462 e. The van der Waals surface area contributed by atoms with Gasteiger partial charge in [-0.25, -0.2) is 9.13 Å². The van der Waals surface area contributed by atoms with E-state index in [0.717, 1.165) is 167 Å². The minimum atomic E-state index is -4.98. The third kappa shape index (κ3) is 72.6. The molecular weight excluding hydrogens is 1310 g/mol. The minimum absolute atomic E-state index is 0.0770. The number of phosphoric ester groups is 2. The zero-order valence-electron chi connectivity index (χ0n) is 63.4. The summed E-state index contributed by atoms with van der Waals surface area (Å²) < 4.78 is 68.6. The van der Waals surface area contributed by atoms with E-state index in [4.69, 9.17) is 37.0 Å². The fourth-order valence-electron chi connectivity index (χ4n) is 10.7. The fraction of sp³-hybridized carbons (Fsp3) is 0.778. The molecule has 100 heavy (non-hydrogen) atoms. The summed E-state index contributed by atoms with van der Waals surface area (Å²) in [5.74, 6) is -2.20. The summed E-state index contributed by atoms with van der Waals surface area (Å²) in [6, 6.07) is 0. The van der Waals surface area contributed by atoms with Crippen LogP contribution in [0.3, 0.4) is 0 Å². The van der Waals surface area contributed by atoms with Gasteiger partial charge in [-0.1, -0.05) is 260 Å². The van der Waals surface area contributed by atoms with Gasteiger partial charge in [0, 0.05) is 25.7 Å². The maximum atomic E-state index is 13.1. The number of carbonyl (C=O) groups excluding carboxylic acids is 4. The predicted molar refractivity (Wildman–Crippen MR) is 409 cm³/mol. The maximum Gasteiger partial charge on any atom is 0.472 e. The first kappa shape index (κ1) is 96.2. The normalized spacial score (nSPS) is 14.3. The monoisotopic (exact) mass is 1450 g/mol. The van der Waals surface area contributed by atoms with Crippen LogP contribution in [-0.2, 0) is 65.4 Å². The molecule has 3 N–H and O–H groups in total. The molecule has 0 aliphatic carbocycles. The quantitative estimate of drug-likeness (QED) is 0.0169. The summed E-state index contributed by atoms with van der Waals surface area (Å²) in [4.78, 5) is 73.0. The lowest BCUT2D eigenvalue weighted by Crippen LogP contribution is -2.30. The first-order valence-corrected chi connectivity index (χ1v) is 42.8. The van der Waals surface area contributed by atoms with Crippen LogP contribution in [0.2, 0.25) is 0 Å². The predicted octanol–water partition coefficient (Wildman–Crippen LogP) is 23.0. The summed E-state index contributed by atoms with van der Waals surface area (Å²) in [5, 5.41) is 10.6. The molecule has 0 saturated carbocycles. The van der Waals surface area contributed by atoms with Gasteiger partial charge in [0.2, 0.25) is 0 Å². The number of allylic oxidation sites excluding steroid dienone is 14. The summed E-state index contributed by atoms with van der Waals surface area (Å²) in [6.07, 6.45) is 75.5. The van der Waals surface area contributed by atoms with Crippen LogP contribution < -0.4 is 0 Å². The van der Waals surface area contributed by atoms with E-state index in [1.165, 1.54) is 103 Å². The van der Waals surface area contributed by atoms with E-state index in [-0.39, 0.29) is 25.7 Å². The average Bonchev–Trinajstić information content (AvgIpc) is 1.01. The Morgan fingerprint density at radius 1 is 0.280 bits per heavy atom. The second-order valence-corrected chi connectivity index (χ2v) is 29.5. The molecule has 580 valence electrons. The average molecular weight is 1450 g/mol. The van der Waals surface area contributed by atoms with Crippen LogP contribution in [0.1, 0.15) is 349 Å². The first-order valence-electron chi connectivity index (χ1n) is 39.8. The molecule has 0 saturated heterocycles. The van der Waals surface area contributed by atoms with Crippen molar-refractivity contribution in [3.63, 3.8) is 0 Å². The van der Waals surface area contributed by atoms with Crippen LogP contribution in [0, 0.1) is 0 Å². The summed E-state index contributed by atoms with van der Waals surface area (Å²) >= 11 is 0. The van der Waals surface area contributed by atoms with Crippen LogP contribution >= 0.6 is 15.6 Å². The molecule has 0 aromatic carbocycles. The maximum absolute atomic E-state index is 13.1. The highest BCUT2D eigenvalue weighted by Crippen LogP contribution is 2.45. The summed E-state index contributed by atoms with van der Waals surface area (Å²) in [6.45, 7) is 4.77. The van der Waals surface area contributed by atoms with Gasteiger partial charge in [-0.2, -0.15) is 0 Å². The molecule has 0 heterocycles. The number of aliphatic hydroxyl groups is 1. The van der Waals surface area contributed by atoms with Crippen LogP contribution in [0.15, 0.2) is 85.1 Å². The number of phosphoric acid groups is 2. The molecule has 5 atom stereocenters. The Kier molecular flexibility index (Phi) is 70.8. The van der Waals surface area contributed by atoms with Crippen molar-refractivity contribution in [2.45, 2.75) is 367 Å². The molecule has 0 aromatic rings. The molecule has 0 bridgehead atoms. The van der Waals surface area contributed by atoms with Gasteiger partial charge in [-0.05, 0) is 148 Å². The lowest BCUT2D eigenvalue weighted by molar-refractivity contribution is -0.161. The third-order valence-electron chi connectivity index (χ3n) is 16.8. The largest absolute Gasteiger partial charge is 0.472 e. The highest BCUT2D eigenvalue weighted by molar-refractivity contribution is 7.47. The molecule has 0 aliphatic heterocycles. The Labute approximate surface area is 608 Å². The van der Waals surface area contributed by atoms with Crippen LogP contribution in [0.25, 0.3) is 0 Å². The van der Waals surface area contributed by atoms with Gasteiger partial charge in [-0.3, -0.25) is 37.3 Å². The molecule has 17 nitrogen and oxygen atoms in total. The van der Waals surface area contributed by atoms with Gasteiger partial charge in [0.25, 0.3) is 0 Å². The highest BCUT2D eigenvalue weighted by atomic mass is 31.2. The Morgan fingerprint density at radius 3 is 0.750 bits per heavy atom. The van der Waals surface area contributed by atoms with Gasteiger partial charge >= 0.3 is 39.5 Å². The van der Waals surface area contributed by atoms with Crippen LogP contribution in [-0.4, -0.2) is 96.7 Å². The Hall–Kier alpha value is -3.76. The van der Waals surface area contributed by atoms with Crippen molar-refractivity contribution < 1.29 is 80.2 Å². The van der Waals surface area contributed by atoms with Crippen LogP contribution in [0.4, 0.5) is 0 Å². The third-order valence-corrected chi connectivity index (χ3v) is 18.7.